The van der Waals surface area contributed by atoms with Crippen LogP contribution in [0.2, 0.25) is 0 Å². The largest absolute Gasteiger partial charge is 0.249 e. The van der Waals surface area contributed by atoms with Gasteiger partial charge in [-0.15, -0.1) is 11.3 Å². The zero-order valence-electron chi connectivity index (χ0n) is 9.64. The number of rotatable bonds is 0. The summed E-state index contributed by atoms with van der Waals surface area (Å²) in [5.41, 5.74) is 0.221. The van der Waals surface area contributed by atoms with Crippen molar-refractivity contribution in [2.45, 2.75) is 53.4 Å². The predicted octanol–water partition coefficient (Wildman–Crippen LogP) is 4.17. The van der Waals surface area contributed by atoms with Gasteiger partial charge < -0.3 is 0 Å². The summed E-state index contributed by atoms with van der Waals surface area (Å²) in [5.74, 6) is 0. The smallest absolute Gasteiger partial charge is 0.0981 e. The van der Waals surface area contributed by atoms with E-state index in [-0.39, 0.29) is 5.41 Å². The molecule has 1 heterocycles. The summed E-state index contributed by atoms with van der Waals surface area (Å²) in [6.45, 7) is 12.9. The van der Waals surface area contributed by atoms with Gasteiger partial charge in [0, 0.05) is 16.5 Å². The minimum Gasteiger partial charge on any atom is -0.249 e. The Morgan fingerprint density at radius 3 is 1.92 bits per heavy atom. The normalized spacial score (nSPS) is 10.6. The molecule has 1 aromatic heterocycles. The first-order chi connectivity index (χ1) is 5.91. The lowest BCUT2D eigenvalue weighted by Crippen LogP contribution is -2.09. The molecule has 1 nitrogen and oxygen atoms in total. The van der Waals surface area contributed by atoms with Crippen molar-refractivity contribution in [3.63, 3.8) is 0 Å². The van der Waals surface area contributed by atoms with Crippen LogP contribution in [0.25, 0.3) is 0 Å². The van der Waals surface area contributed by atoms with E-state index < -0.39 is 0 Å². The number of hydrogen-bond acceptors (Lipinski definition) is 2. The summed E-state index contributed by atoms with van der Waals surface area (Å²) < 4.78 is 0. The highest BCUT2D eigenvalue weighted by molar-refractivity contribution is 7.11. The molecule has 0 aliphatic rings. The number of aromatic nitrogens is 1. The SMILES string of the molecule is CCC.Cc1cnc(C(C)(C)C)s1. The van der Waals surface area contributed by atoms with Crippen LogP contribution in [0.5, 0.6) is 0 Å². The van der Waals surface area contributed by atoms with Gasteiger partial charge >= 0.3 is 0 Å². The van der Waals surface area contributed by atoms with E-state index in [0.29, 0.717) is 0 Å². The van der Waals surface area contributed by atoms with Crippen LogP contribution in [0.4, 0.5) is 0 Å². The third-order valence-electron chi connectivity index (χ3n) is 1.26. The first-order valence-corrected chi connectivity index (χ1v) is 5.66. The maximum atomic E-state index is 4.31. The van der Waals surface area contributed by atoms with Crippen LogP contribution in [0.15, 0.2) is 6.20 Å². The number of nitrogens with zero attached hydrogens (tertiary/aromatic N) is 1. The third-order valence-corrected chi connectivity index (χ3v) is 2.60. The van der Waals surface area contributed by atoms with Gasteiger partial charge in [0.15, 0.2) is 0 Å². The molecule has 0 radical (unpaired) electrons. The van der Waals surface area contributed by atoms with Crippen molar-refractivity contribution in [1.82, 2.24) is 4.98 Å². The highest BCUT2D eigenvalue weighted by Gasteiger charge is 2.16. The van der Waals surface area contributed by atoms with Crippen molar-refractivity contribution >= 4 is 11.3 Å². The molecule has 0 bridgehead atoms. The molecule has 1 rings (SSSR count). The van der Waals surface area contributed by atoms with Gasteiger partial charge in [0.1, 0.15) is 0 Å². The van der Waals surface area contributed by atoms with Gasteiger partial charge in [-0.25, -0.2) is 4.98 Å². The molecule has 0 unspecified atom stereocenters. The molecule has 0 saturated heterocycles. The highest BCUT2D eigenvalue weighted by Crippen LogP contribution is 2.25. The molecular weight excluding hydrogens is 178 g/mol. The highest BCUT2D eigenvalue weighted by atomic mass is 32.1. The van der Waals surface area contributed by atoms with Crippen molar-refractivity contribution < 1.29 is 0 Å². The van der Waals surface area contributed by atoms with Gasteiger partial charge in [-0.2, -0.15) is 0 Å². The van der Waals surface area contributed by atoms with E-state index in [4.69, 9.17) is 0 Å². The third kappa shape index (κ3) is 5.04. The van der Waals surface area contributed by atoms with Gasteiger partial charge in [-0.1, -0.05) is 41.0 Å². The van der Waals surface area contributed by atoms with Gasteiger partial charge in [0.05, 0.1) is 5.01 Å². The molecule has 13 heavy (non-hydrogen) atoms. The molecule has 2 heteroatoms. The zero-order chi connectivity index (χ0) is 10.5. The monoisotopic (exact) mass is 199 g/mol. The Labute approximate surface area is 86.2 Å². The minimum atomic E-state index is 0.221. The van der Waals surface area contributed by atoms with Gasteiger partial charge in [0.2, 0.25) is 0 Å². The molecule has 0 saturated carbocycles. The quantitative estimate of drug-likeness (QED) is 0.611. The Hall–Kier alpha value is -0.370. The van der Waals surface area contributed by atoms with E-state index in [9.17, 15) is 0 Å². The molecule has 0 fully saturated rings. The Morgan fingerprint density at radius 1 is 1.31 bits per heavy atom. The molecule has 0 aliphatic carbocycles. The van der Waals surface area contributed by atoms with E-state index in [0.717, 1.165) is 0 Å². The number of aryl methyl sites for hydroxylation is 1. The van der Waals surface area contributed by atoms with Crippen molar-refractivity contribution in [1.29, 1.82) is 0 Å². The van der Waals surface area contributed by atoms with Crippen LogP contribution < -0.4 is 0 Å². The van der Waals surface area contributed by atoms with Crippen LogP contribution in [0, 0.1) is 6.92 Å². The standard InChI is InChI=1S/C8H13NS.C3H8/c1-6-5-9-7(10-6)8(2,3)4;1-3-2/h5H,1-4H3;3H2,1-2H3. The van der Waals surface area contributed by atoms with Crippen molar-refractivity contribution in [3.8, 4) is 0 Å². The molecule has 76 valence electrons. The summed E-state index contributed by atoms with van der Waals surface area (Å²) in [4.78, 5) is 5.60. The molecule has 0 atom stereocenters. The molecule has 0 spiro atoms. The van der Waals surface area contributed by atoms with Crippen molar-refractivity contribution in [3.05, 3.63) is 16.1 Å². The van der Waals surface area contributed by atoms with Gasteiger partial charge in [0.25, 0.3) is 0 Å². The average molecular weight is 199 g/mol. The predicted molar refractivity (Wildman–Crippen MR) is 61.5 cm³/mol. The molecule has 0 amide bonds. The zero-order valence-corrected chi connectivity index (χ0v) is 10.5. The fourth-order valence-electron chi connectivity index (χ4n) is 0.701. The first kappa shape index (κ1) is 12.6. The minimum absolute atomic E-state index is 0.221. The Morgan fingerprint density at radius 2 is 1.77 bits per heavy atom. The van der Waals surface area contributed by atoms with Gasteiger partial charge in [-0.3, -0.25) is 0 Å². The summed E-state index contributed by atoms with van der Waals surface area (Å²) in [6.07, 6.45) is 3.19. The molecule has 1 aromatic rings. The van der Waals surface area contributed by atoms with Gasteiger partial charge in [-0.05, 0) is 6.92 Å². The van der Waals surface area contributed by atoms with E-state index in [1.54, 1.807) is 11.3 Å². The maximum absolute atomic E-state index is 4.31. The lowest BCUT2D eigenvalue weighted by molar-refractivity contribution is 0.585. The van der Waals surface area contributed by atoms with E-state index in [2.05, 4.69) is 46.5 Å². The van der Waals surface area contributed by atoms with Crippen LogP contribution in [-0.2, 0) is 5.41 Å². The summed E-state index contributed by atoms with van der Waals surface area (Å²) in [5, 5.41) is 1.23. The van der Waals surface area contributed by atoms with E-state index in [1.165, 1.54) is 16.3 Å². The van der Waals surface area contributed by atoms with Crippen LogP contribution >= 0.6 is 11.3 Å². The second-order valence-electron chi connectivity index (χ2n) is 4.23. The maximum Gasteiger partial charge on any atom is 0.0981 e. The molecular formula is C11H21NS. The van der Waals surface area contributed by atoms with Crippen LogP contribution in [0.1, 0.15) is 50.9 Å². The second kappa shape index (κ2) is 5.38. The lowest BCUT2D eigenvalue weighted by atomic mass is 9.98. The fraction of sp³-hybridized carbons (Fsp3) is 0.727. The molecule has 0 N–H and O–H groups in total. The molecule has 0 aliphatic heterocycles. The Balaban J connectivity index is 0.000000424. The summed E-state index contributed by atoms with van der Waals surface area (Å²) in [6, 6.07) is 0. The number of thiazole rings is 1. The average Bonchev–Trinajstić information content (AvgIpc) is 2.35. The van der Waals surface area contributed by atoms with Crippen molar-refractivity contribution in [2.24, 2.45) is 0 Å². The van der Waals surface area contributed by atoms with E-state index >= 15 is 0 Å². The summed E-state index contributed by atoms with van der Waals surface area (Å²) in [7, 11) is 0. The second-order valence-corrected chi connectivity index (χ2v) is 5.47. The van der Waals surface area contributed by atoms with E-state index in [1.807, 2.05) is 6.20 Å². The lowest BCUT2D eigenvalue weighted by Gasteiger charge is -2.13. The topological polar surface area (TPSA) is 12.9 Å². The van der Waals surface area contributed by atoms with Crippen molar-refractivity contribution in [2.75, 3.05) is 0 Å². The van der Waals surface area contributed by atoms with Crippen LogP contribution in [0.3, 0.4) is 0 Å². The van der Waals surface area contributed by atoms with Crippen LogP contribution in [-0.4, -0.2) is 4.98 Å². The fourth-order valence-corrected chi connectivity index (χ4v) is 1.52. The number of hydrogen-bond donors (Lipinski definition) is 0. The first-order valence-electron chi connectivity index (χ1n) is 4.84. The molecule has 0 aromatic carbocycles. The Bertz CT molecular complexity index is 232. The Kier molecular flexibility index (Phi) is 5.23. The summed E-state index contributed by atoms with van der Waals surface area (Å²) >= 11 is 1.78.